The SMILES string of the molecule is CCc1ccccc1NC(=O)CCC(=O)OCC(=O)Nc1cc(C)cc(C)c1. The maximum atomic E-state index is 12.0. The highest BCUT2D eigenvalue weighted by atomic mass is 16.5. The minimum Gasteiger partial charge on any atom is -0.456 e. The number of carbonyl (C=O) groups excluding carboxylic acids is 3. The van der Waals surface area contributed by atoms with Crippen LogP contribution in [0.2, 0.25) is 0 Å². The molecule has 0 aliphatic carbocycles. The molecule has 2 rings (SSSR count). The number of carbonyl (C=O) groups is 3. The minimum absolute atomic E-state index is 0.00439. The van der Waals surface area contributed by atoms with E-state index in [0.29, 0.717) is 5.69 Å². The lowest BCUT2D eigenvalue weighted by Crippen LogP contribution is -2.22. The van der Waals surface area contributed by atoms with Crippen LogP contribution in [0.1, 0.15) is 36.5 Å². The lowest BCUT2D eigenvalue weighted by molar-refractivity contribution is -0.147. The number of anilines is 2. The molecule has 0 fully saturated rings. The maximum Gasteiger partial charge on any atom is 0.306 e. The molecular formula is C22H26N2O4. The third-order valence-electron chi connectivity index (χ3n) is 4.10. The summed E-state index contributed by atoms with van der Waals surface area (Å²) in [7, 11) is 0. The fourth-order valence-corrected chi connectivity index (χ4v) is 2.84. The average molecular weight is 382 g/mol. The Morgan fingerprint density at radius 1 is 0.893 bits per heavy atom. The van der Waals surface area contributed by atoms with E-state index < -0.39 is 11.9 Å². The molecule has 0 saturated heterocycles. The first kappa shape index (κ1) is 21.2. The molecule has 2 amide bonds. The third kappa shape index (κ3) is 6.87. The van der Waals surface area contributed by atoms with Crippen molar-refractivity contribution in [2.45, 2.75) is 40.0 Å². The quantitative estimate of drug-likeness (QED) is 0.681. The van der Waals surface area contributed by atoms with Gasteiger partial charge in [0.05, 0.1) is 6.42 Å². The number of rotatable bonds is 8. The second kappa shape index (κ2) is 10.3. The molecule has 0 radical (unpaired) electrons. The van der Waals surface area contributed by atoms with E-state index in [1.54, 1.807) is 0 Å². The molecule has 0 aliphatic rings. The van der Waals surface area contributed by atoms with Crippen LogP contribution >= 0.6 is 0 Å². The molecule has 0 saturated carbocycles. The highest BCUT2D eigenvalue weighted by Gasteiger charge is 2.12. The normalized spacial score (nSPS) is 10.2. The van der Waals surface area contributed by atoms with Gasteiger partial charge in [-0.05, 0) is 55.2 Å². The third-order valence-corrected chi connectivity index (χ3v) is 4.10. The van der Waals surface area contributed by atoms with Crippen molar-refractivity contribution in [2.75, 3.05) is 17.2 Å². The molecule has 0 unspecified atom stereocenters. The van der Waals surface area contributed by atoms with Gasteiger partial charge in [0.1, 0.15) is 0 Å². The second-order valence-electron chi connectivity index (χ2n) is 6.64. The van der Waals surface area contributed by atoms with Crippen molar-refractivity contribution in [1.82, 2.24) is 0 Å². The number of nitrogens with one attached hydrogen (secondary N) is 2. The number of ether oxygens (including phenoxy) is 1. The van der Waals surface area contributed by atoms with Crippen molar-refractivity contribution >= 4 is 29.2 Å². The summed E-state index contributed by atoms with van der Waals surface area (Å²) in [4.78, 5) is 35.8. The van der Waals surface area contributed by atoms with Crippen LogP contribution in [0.15, 0.2) is 42.5 Å². The molecule has 2 N–H and O–H groups in total. The second-order valence-corrected chi connectivity index (χ2v) is 6.64. The van der Waals surface area contributed by atoms with Gasteiger partial charge in [0, 0.05) is 17.8 Å². The van der Waals surface area contributed by atoms with Gasteiger partial charge in [-0.3, -0.25) is 14.4 Å². The first-order valence-corrected chi connectivity index (χ1v) is 9.29. The molecule has 28 heavy (non-hydrogen) atoms. The van der Waals surface area contributed by atoms with Crippen LogP contribution in [-0.4, -0.2) is 24.4 Å². The molecule has 6 heteroatoms. The zero-order chi connectivity index (χ0) is 20.5. The van der Waals surface area contributed by atoms with Crippen LogP contribution in [0, 0.1) is 13.8 Å². The number of para-hydroxylation sites is 1. The lowest BCUT2D eigenvalue weighted by atomic mass is 10.1. The summed E-state index contributed by atoms with van der Waals surface area (Å²) < 4.78 is 4.95. The zero-order valence-electron chi connectivity index (χ0n) is 16.5. The molecule has 2 aromatic rings. The highest BCUT2D eigenvalue weighted by Crippen LogP contribution is 2.16. The topological polar surface area (TPSA) is 84.5 Å². The molecule has 0 heterocycles. The summed E-state index contributed by atoms with van der Waals surface area (Å²) >= 11 is 0. The first-order valence-electron chi connectivity index (χ1n) is 9.29. The van der Waals surface area contributed by atoms with Gasteiger partial charge < -0.3 is 15.4 Å². The van der Waals surface area contributed by atoms with Gasteiger partial charge in [0.25, 0.3) is 5.91 Å². The van der Waals surface area contributed by atoms with Crippen molar-refractivity contribution in [1.29, 1.82) is 0 Å². The van der Waals surface area contributed by atoms with E-state index in [-0.39, 0.29) is 25.4 Å². The van der Waals surface area contributed by atoms with Gasteiger partial charge in [-0.25, -0.2) is 0 Å². The molecule has 0 atom stereocenters. The van der Waals surface area contributed by atoms with Crippen LogP contribution in [-0.2, 0) is 25.5 Å². The van der Waals surface area contributed by atoms with Crippen molar-refractivity contribution in [2.24, 2.45) is 0 Å². The summed E-state index contributed by atoms with van der Waals surface area (Å²) in [6.07, 6.45) is 0.709. The van der Waals surface area contributed by atoms with Crippen LogP contribution in [0.3, 0.4) is 0 Å². The lowest BCUT2D eigenvalue weighted by Gasteiger charge is -2.10. The van der Waals surface area contributed by atoms with E-state index in [2.05, 4.69) is 10.6 Å². The highest BCUT2D eigenvalue weighted by molar-refractivity contribution is 5.94. The van der Waals surface area contributed by atoms with E-state index >= 15 is 0 Å². The number of esters is 1. The maximum absolute atomic E-state index is 12.0. The standard InChI is InChI=1S/C22H26N2O4/c1-4-17-7-5-6-8-19(17)24-20(25)9-10-22(27)28-14-21(26)23-18-12-15(2)11-16(3)13-18/h5-8,11-13H,4,9-10,14H2,1-3H3,(H,23,26)(H,24,25). The molecule has 0 spiro atoms. The Kier molecular flexibility index (Phi) is 7.75. The Morgan fingerprint density at radius 3 is 2.25 bits per heavy atom. The Bertz CT molecular complexity index is 841. The van der Waals surface area contributed by atoms with E-state index in [0.717, 1.165) is 28.8 Å². The van der Waals surface area contributed by atoms with Gasteiger partial charge in [-0.1, -0.05) is 31.2 Å². The van der Waals surface area contributed by atoms with Gasteiger partial charge in [0.2, 0.25) is 5.91 Å². The molecule has 0 aliphatic heterocycles. The van der Waals surface area contributed by atoms with Gasteiger partial charge >= 0.3 is 5.97 Å². The molecular weight excluding hydrogens is 356 g/mol. The van der Waals surface area contributed by atoms with Gasteiger partial charge in [-0.2, -0.15) is 0 Å². The molecule has 0 aromatic heterocycles. The van der Waals surface area contributed by atoms with Gasteiger partial charge in [0.15, 0.2) is 6.61 Å². The summed E-state index contributed by atoms with van der Waals surface area (Å²) in [5.74, 6) is -1.27. The number of amides is 2. The average Bonchev–Trinajstić information content (AvgIpc) is 2.64. The predicted molar refractivity (Wildman–Crippen MR) is 109 cm³/mol. The first-order chi connectivity index (χ1) is 13.4. The van der Waals surface area contributed by atoms with Crippen molar-refractivity contribution in [3.63, 3.8) is 0 Å². The van der Waals surface area contributed by atoms with Crippen LogP contribution in [0.5, 0.6) is 0 Å². The summed E-state index contributed by atoms with van der Waals surface area (Å²) in [5, 5.41) is 5.49. The fraction of sp³-hybridized carbons (Fsp3) is 0.318. The zero-order valence-corrected chi connectivity index (χ0v) is 16.5. The molecule has 0 bridgehead atoms. The van der Waals surface area contributed by atoms with E-state index in [9.17, 15) is 14.4 Å². The van der Waals surface area contributed by atoms with Gasteiger partial charge in [-0.15, -0.1) is 0 Å². The Hall–Kier alpha value is -3.15. The van der Waals surface area contributed by atoms with E-state index in [4.69, 9.17) is 4.74 Å². The molecule has 148 valence electrons. The molecule has 2 aromatic carbocycles. The van der Waals surface area contributed by atoms with Crippen molar-refractivity contribution in [3.8, 4) is 0 Å². The molecule has 6 nitrogen and oxygen atoms in total. The van der Waals surface area contributed by atoms with Crippen LogP contribution in [0.4, 0.5) is 11.4 Å². The van der Waals surface area contributed by atoms with Crippen LogP contribution < -0.4 is 10.6 Å². The fourth-order valence-electron chi connectivity index (χ4n) is 2.84. The summed E-state index contributed by atoms with van der Waals surface area (Å²) in [5.41, 5.74) is 4.50. The Balaban J connectivity index is 1.73. The summed E-state index contributed by atoms with van der Waals surface area (Å²) in [6.45, 7) is 5.50. The Morgan fingerprint density at radius 2 is 1.57 bits per heavy atom. The Labute approximate surface area is 165 Å². The van der Waals surface area contributed by atoms with Crippen molar-refractivity contribution < 1.29 is 19.1 Å². The van der Waals surface area contributed by atoms with Crippen molar-refractivity contribution in [3.05, 3.63) is 59.2 Å². The largest absolute Gasteiger partial charge is 0.456 e. The van der Waals surface area contributed by atoms with Crippen LogP contribution in [0.25, 0.3) is 0 Å². The van der Waals surface area contributed by atoms with E-state index in [1.807, 2.05) is 63.2 Å². The van der Waals surface area contributed by atoms with E-state index in [1.165, 1.54) is 0 Å². The monoisotopic (exact) mass is 382 g/mol. The summed E-state index contributed by atoms with van der Waals surface area (Å²) in [6, 6.07) is 13.2. The number of aryl methyl sites for hydroxylation is 3. The minimum atomic E-state index is -0.588. The number of hydrogen-bond acceptors (Lipinski definition) is 4. The number of hydrogen-bond donors (Lipinski definition) is 2. The smallest absolute Gasteiger partial charge is 0.306 e. The predicted octanol–water partition coefficient (Wildman–Crippen LogP) is 3.77. The number of benzene rings is 2.